The topological polar surface area (TPSA) is 51.2 Å². The summed E-state index contributed by atoms with van der Waals surface area (Å²) in [4.78, 5) is 18.0. The minimum atomic E-state index is -0.146. The van der Waals surface area contributed by atoms with Crippen molar-refractivity contribution in [2.24, 2.45) is 0 Å². The lowest BCUT2D eigenvalue weighted by molar-refractivity contribution is 0.102. The highest BCUT2D eigenvalue weighted by molar-refractivity contribution is 7.16. The van der Waals surface area contributed by atoms with Crippen LogP contribution in [-0.4, -0.2) is 17.5 Å². The van der Waals surface area contributed by atoms with Crippen LogP contribution in [0.4, 0.5) is 5.13 Å². The van der Waals surface area contributed by atoms with Crippen molar-refractivity contribution in [1.29, 1.82) is 0 Å². The van der Waals surface area contributed by atoms with E-state index in [2.05, 4.69) is 10.3 Å². The van der Waals surface area contributed by atoms with Gasteiger partial charge >= 0.3 is 0 Å². The van der Waals surface area contributed by atoms with E-state index in [1.54, 1.807) is 0 Å². The SMILES string of the molecule is CCOc1ccc(-c2nc(NC(=O)c3ccc(C)cc3)sc2C)cc1. The Kier molecular flexibility index (Phi) is 5.14. The number of aryl methyl sites for hydroxylation is 2. The number of ether oxygens (including phenoxy) is 1. The fraction of sp³-hybridized carbons (Fsp3) is 0.200. The maximum atomic E-state index is 12.3. The number of rotatable bonds is 5. The Morgan fingerprint density at radius 2 is 1.76 bits per heavy atom. The lowest BCUT2D eigenvalue weighted by Crippen LogP contribution is -2.11. The van der Waals surface area contributed by atoms with Crippen LogP contribution < -0.4 is 10.1 Å². The summed E-state index contributed by atoms with van der Waals surface area (Å²) in [5.41, 5.74) is 3.64. The standard InChI is InChI=1S/C20H20N2O2S/c1-4-24-17-11-9-15(10-12-17)18-14(3)25-20(21-18)22-19(23)16-7-5-13(2)6-8-16/h5-12H,4H2,1-3H3,(H,21,22,23). The number of carbonyl (C=O) groups excluding carboxylic acids is 1. The largest absolute Gasteiger partial charge is 0.494 e. The molecule has 0 fully saturated rings. The summed E-state index contributed by atoms with van der Waals surface area (Å²) < 4.78 is 5.47. The van der Waals surface area contributed by atoms with Gasteiger partial charge < -0.3 is 4.74 Å². The number of nitrogens with zero attached hydrogens (tertiary/aromatic N) is 1. The average Bonchev–Trinajstić information content (AvgIpc) is 2.96. The van der Waals surface area contributed by atoms with E-state index in [0.29, 0.717) is 17.3 Å². The molecule has 1 amide bonds. The summed E-state index contributed by atoms with van der Waals surface area (Å²) in [6.07, 6.45) is 0. The van der Waals surface area contributed by atoms with Crippen LogP contribution in [0.5, 0.6) is 5.75 Å². The summed E-state index contributed by atoms with van der Waals surface area (Å²) in [5.74, 6) is 0.694. The Morgan fingerprint density at radius 3 is 2.40 bits per heavy atom. The molecule has 1 heterocycles. The van der Waals surface area contributed by atoms with Crippen molar-refractivity contribution in [3.05, 3.63) is 64.5 Å². The van der Waals surface area contributed by atoms with E-state index in [0.717, 1.165) is 27.4 Å². The summed E-state index contributed by atoms with van der Waals surface area (Å²) in [6, 6.07) is 15.3. The van der Waals surface area contributed by atoms with Gasteiger partial charge in [0.25, 0.3) is 5.91 Å². The number of anilines is 1. The fourth-order valence-corrected chi connectivity index (χ4v) is 3.30. The number of hydrogen-bond donors (Lipinski definition) is 1. The zero-order chi connectivity index (χ0) is 17.8. The summed E-state index contributed by atoms with van der Waals surface area (Å²) in [5, 5.41) is 3.49. The molecule has 0 aliphatic carbocycles. The van der Waals surface area contributed by atoms with Gasteiger partial charge in [0.15, 0.2) is 5.13 Å². The molecule has 0 spiro atoms. The van der Waals surface area contributed by atoms with Crippen LogP contribution in [0.15, 0.2) is 48.5 Å². The van der Waals surface area contributed by atoms with Crippen LogP contribution in [-0.2, 0) is 0 Å². The van der Waals surface area contributed by atoms with Gasteiger partial charge in [0.1, 0.15) is 5.75 Å². The maximum absolute atomic E-state index is 12.3. The first-order valence-electron chi connectivity index (χ1n) is 8.15. The van der Waals surface area contributed by atoms with E-state index in [9.17, 15) is 4.79 Å². The fourth-order valence-electron chi connectivity index (χ4n) is 2.47. The zero-order valence-corrected chi connectivity index (χ0v) is 15.3. The molecule has 2 aromatic carbocycles. The molecule has 1 N–H and O–H groups in total. The maximum Gasteiger partial charge on any atom is 0.257 e. The number of nitrogens with one attached hydrogen (secondary N) is 1. The van der Waals surface area contributed by atoms with Crippen molar-refractivity contribution in [3.8, 4) is 17.0 Å². The molecule has 0 radical (unpaired) electrons. The normalized spacial score (nSPS) is 10.5. The molecule has 0 aliphatic rings. The van der Waals surface area contributed by atoms with Crippen molar-refractivity contribution in [2.75, 3.05) is 11.9 Å². The van der Waals surface area contributed by atoms with Gasteiger partial charge in [0, 0.05) is 16.0 Å². The van der Waals surface area contributed by atoms with Crippen molar-refractivity contribution < 1.29 is 9.53 Å². The van der Waals surface area contributed by atoms with Crippen molar-refractivity contribution >= 4 is 22.4 Å². The van der Waals surface area contributed by atoms with Gasteiger partial charge in [0.2, 0.25) is 0 Å². The smallest absolute Gasteiger partial charge is 0.257 e. The number of aromatic nitrogens is 1. The number of hydrogen-bond acceptors (Lipinski definition) is 4. The molecule has 0 aliphatic heterocycles. The van der Waals surface area contributed by atoms with Gasteiger partial charge in [-0.2, -0.15) is 0 Å². The Balaban J connectivity index is 1.77. The first-order valence-corrected chi connectivity index (χ1v) is 8.97. The van der Waals surface area contributed by atoms with Crippen LogP contribution in [0.1, 0.15) is 27.7 Å². The summed E-state index contributed by atoms with van der Waals surface area (Å²) in [7, 11) is 0. The zero-order valence-electron chi connectivity index (χ0n) is 14.5. The quantitative estimate of drug-likeness (QED) is 0.697. The van der Waals surface area contributed by atoms with Crippen LogP contribution in [0.2, 0.25) is 0 Å². The second-order valence-corrected chi connectivity index (χ2v) is 6.90. The van der Waals surface area contributed by atoms with E-state index < -0.39 is 0 Å². The Bertz CT molecular complexity index is 868. The molecular weight excluding hydrogens is 332 g/mol. The van der Waals surface area contributed by atoms with Crippen LogP contribution in [0, 0.1) is 13.8 Å². The Hall–Kier alpha value is -2.66. The van der Waals surface area contributed by atoms with E-state index in [-0.39, 0.29) is 5.91 Å². The van der Waals surface area contributed by atoms with E-state index in [4.69, 9.17) is 4.74 Å². The van der Waals surface area contributed by atoms with Crippen LogP contribution in [0.3, 0.4) is 0 Å². The second kappa shape index (κ2) is 7.49. The molecule has 4 nitrogen and oxygen atoms in total. The number of carbonyl (C=O) groups is 1. The molecule has 0 bridgehead atoms. The number of thiazole rings is 1. The highest BCUT2D eigenvalue weighted by Crippen LogP contribution is 2.31. The van der Waals surface area contributed by atoms with Gasteiger partial charge in [0.05, 0.1) is 12.3 Å². The van der Waals surface area contributed by atoms with Gasteiger partial charge in [-0.3, -0.25) is 10.1 Å². The molecule has 0 saturated carbocycles. The lowest BCUT2D eigenvalue weighted by atomic mass is 10.1. The third kappa shape index (κ3) is 4.06. The number of benzene rings is 2. The molecule has 3 aromatic rings. The molecule has 25 heavy (non-hydrogen) atoms. The predicted molar refractivity (Wildman–Crippen MR) is 103 cm³/mol. The minimum Gasteiger partial charge on any atom is -0.494 e. The Morgan fingerprint density at radius 1 is 1.08 bits per heavy atom. The lowest BCUT2D eigenvalue weighted by Gasteiger charge is -2.04. The molecule has 5 heteroatoms. The van der Waals surface area contributed by atoms with Gasteiger partial charge in [-0.15, -0.1) is 11.3 Å². The summed E-state index contributed by atoms with van der Waals surface area (Å²) in [6.45, 7) is 6.60. The first-order chi connectivity index (χ1) is 12.1. The first kappa shape index (κ1) is 17.2. The van der Waals surface area contributed by atoms with Crippen LogP contribution >= 0.6 is 11.3 Å². The predicted octanol–water partition coefficient (Wildman–Crippen LogP) is 5.08. The third-order valence-electron chi connectivity index (χ3n) is 3.77. The van der Waals surface area contributed by atoms with Gasteiger partial charge in [-0.05, 0) is 57.2 Å². The molecule has 0 atom stereocenters. The van der Waals surface area contributed by atoms with E-state index >= 15 is 0 Å². The monoisotopic (exact) mass is 352 g/mol. The third-order valence-corrected chi connectivity index (χ3v) is 4.66. The van der Waals surface area contributed by atoms with Crippen LogP contribution in [0.25, 0.3) is 11.3 Å². The number of amides is 1. The molecule has 128 valence electrons. The van der Waals surface area contributed by atoms with E-state index in [1.807, 2.05) is 69.3 Å². The van der Waals surface area contributed by atoms with Crippen molar-refractivity contribution in [1.82, 2.24) is 4.98 Å². The molecule has 0 saturated heterocycles. The minimum absolute atomic E-state index is 0.146. The molecule has 0 unspecified atom stereocenters. The van der Waals surface area contributed by atoms with Crippen molar-refractivity contribution in [3.63, 3.8) is 0 Å². The average molecular weight is 352 g/mol. The summed E-state index contributed by atoms with van der Waals surface area (Å²) >= 11 is 1.48. The highest BCUT2D eigenvalue weighted by Gasteiger charge is 2.13. The molecular formula is C20H20N2O2S. The Labute approximate surface area is 151 Å². The van der Waals surface area contributed by atoms with Gasteiger partial charge in [-0.1, -0.05) is 17.7 Å². The molecule has 1 aromatic heterocycles. The van der Waals surface area contributed by atoms with Crippen molar-refractivity contribution in [2.45, 2.75) is 20.8 Å². The van der Waals surface area contributed by atoms with E-state index in [1.165, 1.54) is 11.3 Å². The van der Waals surface area contributed by atoms with Gasteiger partial charge in [-0.25, -0.2) is 4.98 Å². The second-order valence-electron chi connectivity index (χ2n) is 5.70. The molecule has 3 rings (SSSR count). The highest BCUT2D eigenvalue weighted by atomic mass is 32.1.